The molecule has 5 heterocycles. The lowest BCUT2D eigenvalue weighted by molar-refractivity contribution is -0.159. The Balaban J connectivity index is 1.27. The molecule has 0 spiro atoms. The van der Waals surface area contributed by atoms with Crippen molar-refractivity contribution in [1.29, 1.82) is 0 Å². The zero-order valence-corrected chi connectivity index (χ0v) is 18.4. The number of hydrogen-bond donors (Lipinski definition) is 0. The number of rotatable bonds is 5. The van der Waals surface area contributed by atoms with Gasteiger partial charge in [0.15, 0.2) is 0 Å². The fraction of sp³-hybridized carbons (Fsp3) is 0.500. The molecule has 0 aliphatic carbocycles. The number of halogens is 3. The summed E-state index contributed by atoms with van der Waals surface area (Å²) in [7, 11) is 0. The number of piperidine rings is 1. The maximum absolute atomic E-state index is 12.8. The lowest BCUT2D eigenvalue weighted by Gasteiger charge is -2.32. The van der Waals surface area contributed by atoms with Crippen molar-refractivity contribution in [2.24, 2.45) is 0 Å². The predicted octanol–water partition coefficient (Wildman–Crippen LogP) is 3.16. The average Bonchev–Trinajstić information content (AvgIpc) is 3.37. The number of pyridine rings is 1. The van der Waals surface area contributed by atoms with Crippen LogP contribution in [0.25, 0.3) is 11.5 Å². The monoisotopic (exact) mass is 475 g/mol. The van der Waals surface area contributed by atoms with E-state index in [9.17, 15) is 13.2 Å². The molecule has 0 saturated carbocycles. The second kappa shape index (κ2) is 9.63. The first-order valence-corrected chi connectivity index (χ1v) is 11.2. The molecule has 2 aliphatic heterocycles. The van der Waals surface area contributed by atoms with Crippen LogP contribution in [0, 0.1) is 0 Å². The van der Waals surface area contributed by atoms with Gasteiger partial charge >= 0.3 is 12.1 Å². The van der Waals surface area contributed by atoms with Gasteiger partial charge in [-0.3, -0.25) is 4.90 Å². The number of ether oxygens (including phenoxy) is 1. The zero-order chi connectivity index (χ0) is 23.5. The summed E-state index contributed by atoms with van der Waals surface area (Å²) in [5.41, 5.74) is 2.02. The van der Waals surface area contributed by atoms with E-state index in [0.717, 1.165) is 56.4 Å². The van der Waals surface area contributed by atoms with Crippen LogP contribution >= 0.6 is 0 Å². The van der Waals surface area contributed by atoms with Gasteiger partial charge in [0.2, 0.25) is 11.8 Å². The van der Waals surface area contributed by atoms with Crippen molar-refractivity contribution in [3.63, 3.8) is 0 Å². The number of hydrogen-bond acceptors (Lipinski definition) is 9. The van der Waals surface area contributed by atoms with Crippen LogP contribution in [0.1, 0.15) is 36.0 Å². The predicted molar refractivity (Wildman–Crippen MR) is 115 cm³/mol. The minimum absolute atomic E-state index is 0.142. The highest BCUT2D eigenvalue weighted by Gasteiger charge is 2.38. The quantitative estimate of drug-likeness (QED) is 0.552. The smallest absolute Gasteiger partial charge is 0.378 e. The van der Waals surface area contributed by atoms with E-state index in [0.29, 0.717) is 19.8 Å². The van der Waals surface area contributed by atoms with Gasteiger partial charge in [-0.25, -0.2) is 15.0 Å². The van der Waals surface area contributed by atoms with Gasteiger partial charge in [-0.05, 0) is 37.6 Å². The van der Waals surface area contributed by atoms with E-state index in [2.05, 4.69) is 34.4 Å². The summed E-state index contributed by atoms with van der Waals surface area (Å²) in [5, 5.41) is 3.45. The summed E-state index contributed by atoms with van der Waals surface area (Å²) < 4.78 is 48.2. The molecule has 0 N–H and O–H groups in total. The highest BCUT2D eigenvalue weighted by Crippen LogP contribution is 2.31. The second-order valence-electron chi connectivity index (χ2n) is 8.39. The molecular weight excluding hydrogens is 451 g/mol. The van der Waals surface area contributed by atoms with Gasteiger partial charge in [-0.2, -0.15) is 18.2 Å². The van der Waals surface area contributed by atoms with E-state index in [1.165, 1.54) is 0 Å². The maximum atomic E-state index is 12.8. The Labute approximate surface area is 194 Å². The Morgan fingerprint density at radius 3 is 2.68 bits per heavy atom. The van der Waals surface area contributed by atoms with Gasteiger partial charge < -0.3 is 14.2 Å². The van der Waals surface area contributed by atoms with Crippen molar-refractivity contribution in [2.45, 2.75) is 31.5 Å². The molecule has 0 radical (unpaired) electrons. The van der Waals surface area contributed by atoms with Crippen LogP contribution in [0.4, 0.5) is 19.1 Å². The minimum Gasteiger partial charge on any atom is -0.378 e. The molecule has 0 amide bonds. The molecule has 0 bridgehead atoms. The Kier molecular flexibility index (Phi) is 6.42. The molecule has 3 aromatic rings. The fourth-order valence-electron chi connectivity index (χ4n) is 4.30. The van der Waals surface area contributed by atoms with E-state index in [1.807, 2.05) is 12.1 Å². The van der Waals surface area contributed by atoms with Crippen LogP contribution in [0.2, 0.25) is 0 Å². The van der Waals surface area contributed by atoms with Gasteiger partial charge in [0, 0.05) is 44.0 Å². The Hall–Kier alpha value is -3.12. The molecule has 1 unspecified atom stereocenters. The summed E-state index contributed by atoms with van der Waals surface area (Å²) >= 11 is 0. The molecule has 12 heteroatoms. The highest BCUT2D eigenvalue weighted by atomic mass is 19.4. The van der Waals surface area contributed by atoms with Crippen LogP contribution in [0.3, 0.4) is 0 Å². The molecule has 3 aromatic heterocycles. The van der Waals surface area contributed by atoms with E-state index in [-0.39, 0.29) is 17.4 Å². The van der Waals surface area contributed by atoms with Gasteiger partial charge in [0.05, 0.1) is 18.9 Å². The molecule has 34 heavy (non-hydrogen) atoms. The van der Waals surface area contributed by atoms with Gasteiger partial charge in [-0.15, -0.1) is 0 Å². The lowest BCUT2D eigenvalue weighted by atomic mass is 9.94. The van der Waals surface area contributed by atoms with Crippen LogP contribution in [-0.4, -0.2) is 69.4 Å². The SMILES string of the molecule is FC(F)(F)c1nc(-c2cccc(C3CCCN(Cc4ccnc(N5CCOCC5)n4)C3)n2)no1. The van der Waals surface area contributed by atoms with Crippen molar-refractivity contribution in [1.82, 2.24) is 30.0 Å². The summed E-state index contributed by atoms with van der Waals surface area (Å²) in [4.78, 5) is 21.6. The molecule has 5 rings (SSSR count). The summed E-state index contributed by atoms with van der Waals surface area (Å²) in [6.45, 7) is 5.31. The number of morpholine rings is 1. The first-order valence-electron chi connectivity index (χ1n) is 11.2. The number of alkyl halides is 3. The Morgan fingerprint density at radius 2 is 1.88 bits per heavy atom. The molecule has 0 aromatic carbocycles. The third-order valence-electron chi connectivity index (χ3n) is 5.97. The van der Waals surface area contributed by atoms with Gasteiger partial charge in [0.1, 0.15) is 5.69 Å². The third kappa shape index (κ3) is 5.17. The van der Waals surface area contributed by atoms with E-state index >= 15 is 0 Å². The van der Waals surface area contributed by atoms with Crippen LogP contribution in [0.15, 0.2) is 35.0 Å². The zero-order valence-electron chi connectivity index (χ0n) is 18.4. The molecular formula is C22H24F3N7O2. The van der Waals surface area contributed by atoms with Crippen molar-refractivity contribution in [3.05, 3.63) is 47.7 Å². The third-order valence-corrected chi connectivity index (χ3v) is 5.97. The summed E-state index contributed by atoms with van der Waals surface area (Å²) in [6, 6.07) is 7.17. The van der Waals surface area contributed by atoms with Gasteiger partial charge in [0.25, 0.3) is 0 Å². The topological polar surface area (TPSA) is 93.3 Å². The Morgan fingerprint density at radius 1 is 1.03 bits per heavy atom. The number of likely N-dealkylation sites (tertiary alicyclic amines) is 1. The number of nitrogens with zero attached hydrogens (tertiary/aromatic N) is 7. The molecule has 2 fully saturated rings. The molecule has 2 saturated heterocycles. The normalized spacial score (nSPS) is 20.0. The van der Waals surface area contributed by atoms with Crippen molar-refractivity contribution >= 4 is 5.95 Å². The molecule has 2 aliphatic rings. The van der Waals surface area contributed by atoms with Crippen molar-refractivity contribution in [2.75, 3.05) is 44.3 Å². The second-order valence-corrected chi connectivity index (χ2v) is 8.39. The van der Waals surface area contributed by atoms with E-state index in [4.69, 9.17) is 9.72 Å². The molecule has 180 valence electrons. The number of aromatic nitrogens is 5. The Bertz CT molecular complexity index is 1120. The standard InChI is InChI=1S/C22H24F3N7O2/c23-22(24,25)20-29-19(30-34-20)18-5-1-4-17(28-18)15-3-2-8-31(13-15)14-16-6-7-26-21(27-16)32-9-11-33-12-10-32/h1,4-7,15H,2-3,8-14H2. The van der Waals surface area contributed by atoms with Crippen molar-refractivity contribution in [3.8, 4) is 11.5 Å². The van der Waals surface area contributed by atoms with Crippen LogP contribution in [0.5, 0.6) is 0 Å². The largest absolute Gasteiger partial charge is 0.471 e. The maximum Gasteiger partial charge on any atom is 0.471 e. The van der Waals surface area contributed by atoms with E-state index < -0.39 is 12.1 Å². The summed E-state index contributed by atoms with van der Waals surface area (Å²) in [6.07, 6.45) is -0.969. The minimum atomic E-state index is -4.69. The van der Waals surface area contributed by atoms with E-state index in [1.54, 1.807) is 18.3 Å². The van der Waals surface area contributed by atoms with Crippen LogP contribution < -0.4 is 4.90 Å². The lowest BCUT2D eigenvalue weighted by Crippen LogP contribution is -2.38. The summed E-state index contributed by atoms with van der Waals surface area (Å²) in [5.74, 6) is -0.677. The molecule has 1 atom stereocenters. The van der Waals surface area contributed by atoms with Gasteiger partial charge in [-0.1, -0.05) is 11.2 Å². The first-order chi connectivity index (χ1) is 16.5. The van der Waals surface area contributed by atoms with Crippen molar-refractivity contribution < 1.29 is 22.4 Å². The number of anilines is 1. The first kappa shape index (κ1) is 22.7. The average molecular weight is 475 g/mol. The highest BCUT2D eigenvalue weighted by molar-refractivity contribution is 5.48. The fourth-order valence-corrected chi connectivity index (χ4v) is 4.30. The van der Waals surface area contributed by atoms with Crippen LogP contribution in [-0.2, 0) is 17.5 Å². The molecule has 9 nitrogen and oxygen atoms in total.